The monoisotopic (exact) mass is 361 g/mol. The molecule has 2 heteroatoms. The van der Waals surface area contributed by atoms with Crippen LogP contribution in [0.1, 0.15) is 56.6 Å². The van der Waals surface area contributed by atoms with Crippen LogP contribution in [-0.4, -0.2) is 23.3 Å². The zero-order valence-corrected chi connectivity index (χ0v) is 16.4. The lowest BCUT2D eigenvalue weighted by molar-refractivity contribution is -0.127. The van der Waals surface area contributed by atoms with Gasteiger partial charge >= 0.3 is 0 Å². The van der Waals surface area contributed by atoms with Crippen LogP contribution in [0, 0.1) is 5.92 Å². The first kappa shape index (κ1) is 18.4. The van der Waals surface area contributed by atoms with Crippen LogP contribution in [0.15, 0.2) is 60.7 Å². The molecule has 1 aliphatic heterocycles. The first-order chi connectivity index (χ1) is 13.2. The summed E-state index contributed by atoms with van der Waals surface area (Å²) < 4.78 is 0. The van der Waals surface area contributed by atoms with Gasteiger partial charge < -0.3 is 0 Å². The minimum atomic E-state index is -0.257. The molecule has 0 amide bonds. The van der Waals surface area contributed by atoms with Crippen LogP contribution in [0.5, 0.6) is 0 Å². The average Bonchev–Trinajstić information content (AvgIpc) is 2.74. The number of nitrogens with zero attached hydrogens (tertiary/aromatic N) is 1. The van der Waals surface area contributed by atoms with Gasteiger partial charge in [0.1, 0.15) is 5.78 Å². The zero-order valence-electron chi connectivity index (χ0n) is 16.4. The minimum Gasteiger partial charge on any atom is -0.299 e. The van der Waals surface area contributed by atoms with Gasteiger partial charge in [-0.3, -0.25) is 9.69 Å². The second-order valence-corrected chi connectivity index (χ2v) is 8.39. The van der Waals surface area contributed by atoms with E-state index in [1.807, 2.05) is 6.92 Å². The van der Waals surface area contributed by atoms with E-state index in [-0.39, 0.29) is 5.41 Å². The highest BCUT2D eigenvalue weighted by Gasteiger charge is 2.48. The van der Waals surface area contributed by atoms with Crippen LogP contribution < -0.4 is 0 Å². The third-order valence-electron chi connectivity index (χ3n) is 6.92. The van der Waals surface area contributed by atoms with Crippen molar-refractivity contribution in [3.63, 3.8) is 0 Å². The predicted octanol–water partition coefficient (Wildman–Crippen LogP) is 5.37. The highest BCUT2D eigenvalue weighted by Crippen LogP contribution is 2.47. The Morgan fingerprint density at radius 1 is 1.04 bits per heavy atom. The van der Waals surface area contributed by atoms with E-state index in [1.165, 1.54) is 30.5 Å². The lowest BCUT2D eigenvalue weighted by Crippen LogP contribution is -2.53. The maximum absolute atomic E-state index is 13.1. The molecule has 2 aromatic carbocycles. The number of Topliss-reactive ketones (excluding diaryl/α,β-unsaturated/α-hetero) is 1. The molecule has 1 aliphatic carbocycles. The number of fused-ring (bicyclic) bond motifs is 1. The van der Waals surface area contributed by atoms with Crippen LogP contribution in [0.25, 0.3) is 0 Å². The predicted molar refractivity (Wildman–Crippen MR) is 111 cm³/mol. The summed E-state index contributed by atoms with van der Waals surface area (Å²) >= 11 is 0. The summed E-state index contributed by atoms with van der Waals surface area (Å²) in [5.41, 5.74) is 2.39. The van der Waals surface area contributed by atoms with E-state index >= 15 is 0 Å². The molecule has 0 aromatic heterocycles. The summed E-state index contributed by atoms with van der Waals surface area (Å²) in [5, 5.41) is 0. The molecule has 2 nitrogen and oxygen atoms in total. The fraction of sp³-hybridized carbons (Fsp3) is 0.480. The quantitative estimate of drug-likeness (QED) is 0.714. The number of likely N-dealkylation sites (tertiary alicyclic amines) is 1. The number of rotatable bonds is 5. The molecule has 1 unspecified atom stereocenters. The van der Waals surface area contributed by atoms with Crippen LogP contribution in [0.3, 0.4) is 0 Å². The summed E-state index contributed by atoms with van der Waals surface area (Å²) in [6, 6.07) is 22.1. The molecule has 0 radical (unpaired) electrons. The molecular formula is C25H31NO. The molecule has 0 bridgehead atoms. The standard InChI is InChI=1S/C25H31NO/c1-2-24(27)25(22-13-7-4-8-14-22)16-15-23-21(18-25)12-9-17-26(23)19-20-10-5-3-6-11-20/h3-8,10-11,13-14,21,23H,2,9,12,15-19H2,1H3/t21-,23-,25?/m1/s1. The molecule has 0 spiro atoms. The van der Waals surface area contributed by atoms with Crippen molar-refractivity contribution in [2.75, 3.05) is 6.54 Å². The number of carbonyl (C=O) groups excluding carboxylic acids is 1. The Kier molecular flexibility index (Phi) is 5.45. The van der Waals surface area contributed by atoms with E-state index in [1.54, 1.807) is 0 Å². The molecule has 4 rings (SSSR count). The SMILES string of the molecule is CCC(=O)C1(c2ccccc2)CC[C@@H]2[C@H](CCCN2Cc2ccccc2)C1. The topological polar surface area (TPSA) is 20.3 Å². The molecule has 2 aromatic rings. The van der Waals surface area contributed by atoms with E-state index in [0.29, 0.717) is 24.2 Å². The van der Waals surface area contributed by atoms with E-state index in [9.17, 15) is 4.79 Å². The van der Waals surface area contributed by atoms with Gasteiger partial charge in [0.25, 0.3) is 0 Å². The maximum atomic E-state index is 13.1. The number of benzene rings is 2. The summed E-state index contributed by atoms with van der Waals surface area (Å²) in [4.78, 5) is 15.8. The van der Waals surface area contributed by atoms with E-state index < -0.39 is 0 Å². The van der Waals surface area contributed by atoms with Crippen LogP contribution in [-0.2, 0) is 16.8 Å². The Balaban J connectivity index is 1.57. The lowest BCUT2D eigenvalue weighted by Gasteiger charge is -2.50. The van der Waals surface area contributed by atoms with E-state index in [0.717, 1.165) is 25.8 Å². The lowest BCUT2D eigenvalue weighted by atomic mass is 9.60. The largest absolute Gasteiger partial charge is 0.299 e. The number of hydrogen-bond acceptors (Lipinski definition) is 2. The van der Waals surface area contributed by atoms with Crippen molar-refractivity contribution in [2.45, 2.75) is 63.5 Å². The van der Waals surface area contributed by atoms with Gasteiger partial charge in [-0.1, -0.05) is 67.6 Å². The average molecular weight is 362 g/mol. The van der Waals surface area contributed by atoms with Crippen LogP contribution in [0.4, 0.5) is 0 Å². The molecule has 142 valence electrons. The third-order valence-corrected chi connectivity index (χ3v) is 6.92. The molecule has 2 fully saturated rings. The number of carbonyl (C=O) groups is 1. The highest BCUT2D eigenvalue weighted by molar-refractivity contribution is 5.90. The van der Waals surface area contributed by atoms with Crippen LogP contribution in [0.2, 0.25) is 0 Å². The summed E-state index contributed by atoms with van der Waals surface area (Å²) in [5.74, 6) is 1.07. The molecule has 2 aliphatic rings. The van der Waals surface area contributed by atoms with Crippen molar-refractivity contribution in [1.29, 1.82) is 0 Å². The normalized spacial score (nSPS) is 28.5. The van der Waals surface area contributed by atoms with Crippen molar-refractivity contribution in [3.05, 3.63) is 71.8 Å². The van der Waals surface area contributed by atoms with Crippen molar-refractivity contribution in [3.8, 4) is 0 Å². The molecule has 1 heterocycles. The van der Waals surface area contributed by atoms with E-state index in [2.05, 4.69) is 65.6 Å². The van der Waals surface area contributed by atoms with Gasteiger partial charge in [-0.25, -0.2) is 0 Å². The second kappa shape index (κ2) is 7.98. The number of ketones is 1. The third kappa shape index (κ3) is 3.60. The molecule has 1 saturated carbocycles. The Bertz CT molecular complexity index is 756. The van der Waals surface area contributed by atoms with Gasteiger partial charge in [0.15, 0.2) is 0 Å². The second-order valence-electron chi connectivity index (χ2n) is 8.39. The van der Waals surface area contributed by atoms with Crippen LogP contribution >= 0.6 is 0 Å². The Morgan fingerprint density at radius 3 is 2.44 bits per heavy atom. The zero-order chi connectivity index (χ0) is 18.7. The van der Waals surface area contributed by atoms with Gasteiger partial charge in [0, 0.05) is 19.0 Å². The number of piperidine rings is 1. The highest BCUT2D eigenvalue weighted by atomic mass is 16.1. The van der Waals surface area contributed by atoms with Gasteiger partial charge in [-0.2, -0.15) is 0 Å². The van der Waals surface area contributed by atoms with Crippen molar-refractivity contribution in [2.24, 2.45) is 5.92 Å². The van der Waals surface area contributed by atoms with Crippen molar-refractivity contribution < 1.29 is 4.79 Å². The Morgan fingerprint density at radius 2 is 1.74 bits per heavy atom. The smallest absolute Gasteiger partial charge is 0.143 e. The molecular weight excluding hydrogens is 330 g/mol. The van der Waals surface area contributed by atoms with Gasteiger partial charge in [-0.05, 0) is 55.7 Å². The summed E-state index contributed by atoms with van der Waals surface area (Å²) in [7, 11) is 0. The molecule has 0 N–H and O–H groups in total. The molecule has 3 atom stereocenters. The van der Waals surface area contributed by atoms with Gasteiger partial charge in [0.2, 0.25) is 0 Å². The summed E-state index contributed by atoms with van der Waals surface area (Å²) in [6.45, 7) is 4.26. The van der Waals surface area contributed by atoms with E-state index in [4.69, 9.17) is 0 Å². The van der Waals surface area contributed by atoms with Gasteiger partial charge in [-0.15, -0.1) is 0 Å². The maximum Gasteiger partial charge on any atom is 0.143 e. The number of hydrogen-bond donors (Lipinski definition) is 0. The summed E-state index contributed by atoms with van der Waals surface area (Å²) in [6.07, 6.45) is 6.31. The van der Waals surface area contributed by atoms with Gasteiger partial charge in [0.05, 0.1) is 5.41 Å². The fourth-order valence-corrected chi connectivity index (χ4v) is 5.60. The fourth-order valence-electron chi connectivity index (χ4n) is 5.60. The first-order valence-corrected chi connectivity index (χ1v) is 10.6. The van der Waals surface area contributed by atoms with Crippen molar-refractivity contribution >= 4 is 5.78 Å². The Labute approximate surface area is 163 Å². The molecule has 1 saturated heterocycles. The minimum absolute atomic E-state index is 0.257. The first-order valence-electron chi connectivity index (χ1n) is 10.6. The Hall–Kier alpha value is -1.93. The molecule has 27 heavy (non-hydrogen) atoms. The van der Waals surface area contributed by atoms with Crippen molar-refractivity contribution in [1.82, 2.24) is 4.90 Å².